The first kappa shape index (κ1) is 14.8. The molecule has 0 aromatic heterocycles. The lowest BCUT2D eigenvalue weighted by molar-refractivity contribution is 0.0114. The smallest absolute Gasteiger partial charge is 0.0766 e. The van der Waals surface area contributed by atoms with Crippen molar-refractivity contribution in [2.45, 2.75) is 26.4 Å². The highest BCUT2D eigenvalue weighted by atomic mass is 16.5. The first-order valence-electron chi connectivity index (χ1n) is 5.50. The van der Waals surface area contributed by atoms with Gasteiger partial charge in [0.05, 0.1) is 25.4 Å². The Morgan fingerprint density at radius 2 is 1.93 bits per heavy atom. The van der Waals surface area contributed by atoms with Crippen molar-refractivity contribution >= 4 is 0 Å². The molecule has 0 saturated carbocycles. The van der Waals surface area contributed by atoms with Crippen molar-refractivity contribution in [1.29, 1.82) is 0 Å². The Kier molecular flexibility index (Phi) is 7.96. The number of aliphatic hydroxyl groups is 1. The molecule has 1 atom stereocenters. The van der Waals surface area contributed by atoms with Crippen molar-refractivity contribution in [3.05, 3.63) is 0 Å². The summed E-state index contributed by atoms with van der Waals surface area (Å²) in [4.78, 5) is 0. The van der Waals surface area contributed by atoms with Crippen molar-refractivity contribution in [2.24, 2.45) is 5.92 Å². The fraction of sp³-hybridized carbons (Fsp3) is 1.00. The lowest BCUT2D eigenvalue weighted by atomic mass is 9.93. The van der Waals surface area contributed by atoms with Crippen LogP contribution in [0.5, 0.6) is 0 Å². The molecule has 1 unspecified atom stereocenters. The lowest BCUT2D eigenvalue weighted by Crippen LogP contribution is -2.43. The summed E-state index contributed by atoms with van der Waals surface area (Å²) in [5.74, 6) is 0.249. The summed E-state index contributed by atoms with van der Waals surface area (Å²) in [6.07, 6.45) is 0. The lowest BCUT2D eigenvalue weighted by Gasteiger charge is -2.27. The minimum Gasteiger partial charge on any atom is -0.389 e. The summed E-state index contributed by atoms with van der Waals surface area (Å²) in [5.41, 5.74) is -0.646. The molecule has 0 aliphatic carbocycles. The standard InChI is InChI=1S/C11H25NO3/c1-10(2)11(3,13)9-12-5-6-15-8-7-14-4/h10,12-13H,5-9H2,1-4H3. The molecule has 0 amide bonds. The average Bonchev–Trinajstić information content (AvgIpc) is 2.16. The van der Waals surface area contributed by atoms with Crippen LogP contribution in [0.4, 0.5) is 0 Å². The SMILES string of the molecule is COCCOCCNCC(C)(O)C(C)C. The first-order chi connectivity index (χ1) is 7.00. The van der Waals surface area contributed by atoms with E-state index in [0.717, 1.165) is 6.54 Å². The van der Waals surface area contributed by atoms with Crippen LogP contribution >= 0.6 is 0 Å². The molecule has 0 aromatic rings. The number of ether oxygens (including phenoxy) is 2. The number of nitrogens with one attached hydrogen (secondary N) is 1. The van der Waals surface area contributed by atoms with Gasteiger partial charge in [0.1, 0.15) is 0 Å². The van der Waals surface area contributed by atoms with Crippen LogP contribution in [0, 0.1) is 5.92 Å². The van der Waals surface area contributed by atoms with Crippen molar-refractivity contribution < 1.29 is 14.6 Å². The summed E-state index contributed by atoms with van der Waals surface area (Å²) in [6.45, 7) is 9.12. The van der Waals surface area contributed by atoms with Crippen LogP contribution in [0.25, 0.3) is 0 Å². The van der Waals surface area contributed by atoms with Gasteiger partial charge in [-0.05, 0) is 12.8 Å². The minimum absolute atomic E-state index is 0.249. The molecule has 4 nitrogen and oxygen atoms in total. The number of rotatable bonds is 9. The van der Waals surface area contributed by atoms with Gasteiger partial charge >= 0.3 is 0 Å². The molecule has 0 fully saturated rings. The van der Waals surface area contributed by atoms with Gasteiger partial charge in [-0.1, -0.05) is 13.8 Å². The molecule has 0 heterocycles. The Labute approximate surface area is 93.0 Å². The second kappa shape index (κ2) is 8.05. The minimum atomic E-state index is -0.646. The fourth-order valence-electron chi connectivity index (χ4n) is 0.934. The predicted molar refractivity (Wildman–Crippen MR) is 61.0 cm³/mol. The molecule has 92 valence electrons. The third kappa shape index (κ3) is 7.73. The third-order valence-electron chi connectivity index (χ3n) is 2.58. The highest BCUT2D eigenvalue weighted by Crippen LogP contribution is 2.13. The van der Waals surface area contributed by atoms with Crippen LogP contribution < -0.4 is 5.32 Å². The van der Waals surface area contributed by atoms with Crippen LogP contribution in [0.3, 0.4) is 0 Å². The van der Waals surface area contributed by atoms with E-state index in [-0.39, 0.29) is 5.92 Å². The Morgan fingerprint density at radius 3 is 2.47 bits per heavy atom. The maximum absolute atomic E-state index is 9.91. The Bertz CT molecular complexity index is 149. The topological polar surface area (TPSA) is 50.7 Å². The zero-order valence-corrected chi connectivity index (χ0v) is 10.4. The molecular weight excluding hydrogens is 194 g/mol. The van der Waals surface area contributed by atoms with Gasteiger partial charge in [0.15, 0.2) is 0 Å². The van der Waals surface area contributed by atoms with Gasteiger partial charge in [0.2, 0.25) is 0 Å². The quantitative estimate of drug-likeness (QED) is 0.559. The fourth-order valence-corrected chi connectivity index (χ4v) is 0.934. The summed E-state index contributed by atoms with van der Waals surface area (Å²) in [6, 6.07) is 0. The van der Waals surface area contributed by atoms with Gasteiger partial charge in [-0.15, -0.1) is 0 Å². The molecule has 4 heteroatoms. The maximum atomic E-state index is 9.91. The largest absolute Gasteiger partial charge is 0.389 e. The second-order valence-electron chi connectivity index (χ2n) is 4.29. The van der Waals surface area contributed by atoms with E-state index in [9.17, 15) is 5.11 Å². The molecule has 0 saturated heterocycles. The van der Waals surface area contributed by atoms with Crippen LogP contribution in [-0.4, -0.2) is 50.7 Å². The van der Waals surface area contributed by atoms with E-state index in [1.807, 2.05) is 20.8 Å². The molecule has 15 heavy (non-hydrogen) atoms. The van der Waals surface area contributed by atoms with Crippen LogP contribution in [0.1, 0.15) is 20.8 Å². The molecule has 0 spiro atoms. The predicted octanol–water partition coefficient (Wildman–Crippen LogP) is 0.646. The Balaban J connectivity index is 3.31. The molecule has 0 bridgehead atoms. The molecule has 2 N–H and O–H groups in total. The van der Waals surface area contributed by atoms with Crippen molar-refractivity contribution in [1.82, 2.24) is 5.32 Å². The van der Waals surface area contributed by atoms with Gasteiger partial charge < -0.3 is 19.9 Å². The van der Waals surface area contributed by atoms with E-state index in [1.165, 1.54) is 0 Å². The van der Waals surface area contributed by atoms with E-state index in [0.29, 0.717) is 26.4 Å². The van der Waals surface area contributed by atoms with Crippen LogP contribution in [0.15, 0.2) is 0 Å². The number of methoxy groups -OCH3 is 1. The van der Waals surface area contributed by atoms with Crippen LogP contribution in [0.2, 0.25) is 0 Å². The van der Waals surface area contributed by atoms with Crippen LogP contribution in [-0.2, 0) is 9.47 Å². The monoisotopic (exact) mass is 219 g/mol. The molecule has 0 aliphatic rings. The molecule has 0 aromatic carbocycles. The Hall–Kier alpha value is -0.160. The third-order valence-corrected chi connectivity index (χ3v) is 2.58. The zero-order chi connectivity index (χ0) is 11.7. The number of hydrogen-bond donors (Lipinski definition) is 2. The molecule has 0 radical (unpaired) electrons. The van der Waals surface area contributed by atoms with Crippen molar-refractivity contribution in [2.75, 3.05) is 40.0 Å². The van der Waals surface area contributed by atoms with Crippen molar-refractivity contribution in [3.63, 3.8) is 0 Å². The van der Waals surface area contributed by atoms with E-state index in [2.05, 4.69) is 5.32 Å². The highest BCUT2D eigenvalue weighted by molar-refractivity contribution is 4.78. The maximum Gasteiger partial charge on any atom is 0.0766 e. The molecule has 0 aliphatic heterocycles. The summed E-state index contributed by atoms with van der Waals surface area (Å²) in [7, 11) is 1.65. The zero-order valence-electron chi connectivity index (χ0n) is 10.4. The van der Waals surface area contributed by atoms with E-state index in [4.69, 9.17) is 9.47 Å². The molecule has 0 rings (SSSR count). The summed E-state index contributed by atoms with van der Waals surface area (Å²) >= 11 is 0. The number of hydrogen-bond acceptors (Lipinski definition) is 4. The van der Waals surface area contributed by atoms with Crippen molar-refractivity contribution in [3.8, 4) is 0 Å². The van der Waals surface area contributed by atoms with Gasteiger partial charge in [-0.25, -0.2) is 0 Å². The first-order valence-corrected chi connectivity index (χ1v) is 5.50. The normalized spacial score (nSPS) is 15.6. The highest BCUT2D eigenvalue weighted by Gasteiger charge is 2.23. The van der Waals surface area contributed by atoms with E-state index in [1.54, 1.807) is 7.11 Å². The van der Waals surface area contributed by atoms with Gasteiger partial charge in [0, 0.05) is 20.2 Å². The van der Waals surface area contributed by atoms with E-state index >= 15 is 0 Å². The summed E-state index contributed by atoms with van der Waals surface area (Å²) < 4.78 is 10.1. The summed E-state index contributed by atoms with van der Waals surface area (Å²) in [5, 5.41) is 13.1. The molecular formula is C11H25NO3. The van der Waals surface area contributed by atoms with Gasteiger partial charge in [-0.2, -0.15) is 0 Å². The average molecular weight is 219 g/mol. The van der Waals surface area contributed by atoms with Gasteiger partial charge in [0.25, 0.3) is 0 Å². The van der Waals surface area contributed by atoms with Gasteiger partial charge in [-0.3, -0.25) is 0 Å². The Morgan fingerprint density at radius 1 is 1.27 bits per heavy atom. The second-order valence-corrected chi connectivity index (χ2v) is 4.29. The van der Waals surface area contributed by atoms with E-state index < -0.39 is 5.60 Å².